The van der Waals surface area contributed by atoms with Crippen molar-refractivity contribution in [1.29, 1.82) is 0 Å². The number of thiazole rings is 1. The van der Waals surface area contributed by atoms with Crippen LogP contribution in [0.1, 0.15) is 17.1 Å². The van der Waals surface area contributed by atoms with E-state index in [1.165, 1.54) is 0 Å². The number of aliphatic hydroxyl groups excluding tert-OH is 1. The van der Waals surface area contributed by atoms with Gasteiger partial charge in [0.25, 0.3) is 0 Å². The largest absolute Gasteiger partial charge is 0.390 e. The Kier molecular flexibility index (Phi) is 4.91. The number of rotatable bonds is 5. The highest BCUT2D eigenvalue weighted by Gasteiger charge is 2.29. The molecule has 0 aliphatic carbocycles. The smallest absolute Gasteiger partial charge is 0.248 e. The van der Waals surface area contributed by atoms with Gasteiger partial charge in [0, 0.05) is 25.0 Å². The van der Waals surface area contributed by atoms with E-state index in [-0.39, 0.29) is 6.04 Å². The van der Waals surface area contributed by atoms with Crippen LogP contribution in [0.15, 0.2) is 35.7 Å². The van der Waals surface area contributed by atoms with Gasteiger partial charge in [-0.1, -0.05) is 23.3 Å². The van der Waals surface area contributed by atoms with E-state index >= 15 is 0 Å². The Balaban J connectivity index is 1.39. The maximum atomic E-state index is 10.6. The Bertz CT molecular complexity index is 850. The molecule has 26 heavy (non-hydrogen) atoms. The molecule has 1 aliphatic heterocycles. The van der Waals surface area contributed by atoms with Crippen molar-refractivity contribution >= 4 is 17.3 Å². The molecule has 9 heteroatoms. The molecule has 1 aromatic carbocycles. The number of para-hydroxylation sites is 1. The highest BCUT2D eigenvalue weighted by Crippen LogP contribution is 2.19. The average molecular weight is 371 g/mol. The quantitative estimate of drug-likeness (QED) is 0.702. The molecule has 0 amide bonds. The number of aliphatic hydroxyl groups is 1. The fraction of sp³-hybridized carbons (Fsp3) is 0.412. The number of tetrazole rings is 1. The summed E-state index contributed by atoms with van der Waals surface area (Å²) in [6.07, 6.45) is 0.316. The third-order valence-corrected chi connectivity index (χ3v) is 5.33. The molecule has 136 valence electrons. The van der Waals surface area contributed by atoms with Crippen molar-refractivity contribution in [3.63, 3.8) is 0 Å². The minimum atomic E-state index is -0.496. The SMILES string of the molecule is Cc1nc(CN2CC[C@@H](Nc3nnnn3-c3ccccc3)[C@H](O)C2)cs1. The van der Waals surface area contributed by atoms with Gasteiger partial charge in [-0.2, -0.15) is 4.68 Å². The Hall–Kier alpha value is -2.36. The van der Waals surface area contributed by atoms with Crippen molar-refractivity contribution in [2.45, 2.75) is 32.0 Å². The summed E-state index contributed by atoms with van der Waals surface area (Å²) in [6, 6.07) is 9.62. The number of β-amino-alcohol motifs (C(OH)–C–C–N with tert-alkyl or cyclic N) is 1. The first-order valence-corrected chi connectivity index (χ1v) is 9.49. The topological polar surface area (TPSA) is 92.0 Å². The zero-order chi connectivity index (χ0) is 17.9. The first-order valence-electron chi connectivity index (χ1n) is 8.61. The predicted octanol–water partition coefficient (Wildman–Crippen LogP) is 1.47. The average Bonchev–Trinajstić information content (AvgIpc) is 3.27. The molecule has 1 fully saturated rings. The predicted molar refractivity (Wildman–Crippen MR) is 99.3 cm³/mol. The highest BCUT2D eigenvalue weighted by molar-refractivity contribution is 7.09. The molecule has 2 N–H and O–H groups in total. The van der Waals surface area contributed by atoms with Gasteiger partial charge >= 0.3 is 0 Å². The molecule has 4 rings (SSSR count). The van der Waals surface area contributed by atoms with Gasteiger partial charge in [0.15, 0.2) is 0 Å². The molecule has 0 radical (unpaired) electrons. The molecule has 1 saturated heterocycles. The van der Waals surface area contributed by atoms with Crippen LogP contribution in [0.25, 0.3) is 5.69 Å². The first kappa shape index (κ1) is 17.1. The molecule has 0 unspecified atom stereocenters. The number of aryl methyl sites for hydroxylation is 1. The minimum absolute atomic E-state index is 0.0862. The van der Waals surface area contributed by atoms with Gasteiger partial charge < -0.3 is 10.4 Å². The molecule has 3 heterocycles. The molecule has 0 saturated carbocycles. The molecule has 3 aromatic rings. The van der Waals surface area contributed by atoms with E-state index in [1.807, 2.05) is 37.3 Å². The number of hydrogen-bond donors (Lipinski definition) is 2. The number of piperidine rings is 1. The van der Waals surface area contributed by atoms with Crippen LogP contribution in [0.2, 0.25) is 0 Å². The fourth-order valence-corrected chi connectivity index (χ4v) is 3.81. The standard InChI is InChI=1S/C17H21N7OS/c1-12-18-13(11-26-12)9-23-8-7-15(16(25)10-23)19-17-20-21-22-24(17)14-5-3-2-4-6-14/h2-6,11,15-16,25H,7-10H2,1H3,(H,19,20,22)/t15-,16-/m1/s1. The number of aromatic nitrogens is 5. The summed E-state index contributed by atoms with van der Waals surface area (Å²) < 4.78 is 1.65. The Morgan fingerprint density at radius 1 is 1.31 bits per heavy atom. The molecule has 2 atom stereocenters. The normalized spacial score (nSPS) is 21.0. The van der Waals surface area contributed by atoms with E-state index in [2.05, 4.69) is 36.1 Å². The van der Waals surface area contributed by atoms with E-state index in [1.54, 1.807) is 16.0 Å². The summed E-state index contributed by atoms with van der Waals surface area (Å²) >= 11 is 1.66. The Morgan fingerprint density at radius 2 is 2.15 bits per heavy atom. The van der Waals surface area contributed by atoms with Crippen LogP contribution < -0.4 is 5.32 Å². The van der Waals surface area contributed by atoms with E-state index in [9.17, 15) is 5.11 Å². The van der Waals surface area contributed by atoms with E-state index in [4.69, 9.17) is 0 Å². The van der Waals surface area contributed by atoms with Gasteiger partial charge in [-0.25, -0.2) is 4.98 Å². The highest BCUT2D eigenvalue weighted by atomic mass is 32.1. The summed E-state index contributed by atoms with van der Waals surface area (Å²) in [5.74, 6) is 0.545. The van der Waals surface area contributed by atoms with Crippen molar-refractivity contribution in [3.05, 3.63) is 46.4 Å². The van der Waals surface area contributed by atoms with Crippen LogP contribution in [0, 0.1) is 6.92 Å². The monoisotopic (exact) mass is 371 g/mol. The molecular formula is C17H21N7OS. The lowest BCUT2D eigenvalue weighted by Crippen LogP contribution is -2.49. The number of nitrogens with zero attached hydrogens (tertiary/aromatic N) is 6. The zero-order valence-electron chi connectivity index (χ0n) is 14.5. The minimum Gasteiger partial charge on any atom is -0.390 e. The van der Waals surface area contributed by atoms with Crippen molar-refractivity contribution in [3.8, 4) is 5.69 Å². The molecule has 0 bridgehead atoms. The number of benzene rings is 1. The van der Waals surface area contributed by atoms with Crippen LogP contribution in [0.5, 0.6) is 0 Å². The lowest BCUT2D eigenvalue weighted by Gasteiger charge is -2.35. The third-order valence-electron chi connectivity index (χ3n) is 4.50. The molecule has 8 nitrogen and oxygen atoms in total. The summed E-state index contributed by atoms with van der Waals surface area (Å²) in [5.41, 5.74) is 1.95. The summed E-state index contributed by atoms with van der Waals surface area (Å²) in [6.45, 7) is 4.27. The zero-order valence-corrected chi connectivity index (χ0v) is 15.3. The second-order valence-corrected chi connectivity index (χ2v) is 7.51. The Morgan fingerprint density at radius 3 is 2.88 bits per heavy atom. The van der Waals surface area contributed by atoms with Gasteiger partial charge in [-0.05, 0) is 35.9 Å². The fourth-order valence-electron chi connectivity index (χ4n) is 3.21. The van der Waals surface area contributed by atoms with Gasteiger partial charge in [-0.3, -0.25) is 4.90 Å². The van der Waals surface area contributed by atoms with Crippen molar-refractivity contribution in [2.75, 3.05) is 18.4 Å². The van der Waals surface area contributed by atoms with Gasteiger partial charge in [0.05, 0.1) is 28.5 Å². The number of anilines is 1. The third kappa shape index (κ3) is 3.74. The molecular weight excluding hydrogens is 350 g/mol. The van der Waals surface area contributed by atoms with Crippen LogP contribution in [0.3, 0.4) is 0 Å². The van der Waals surface area contributed by atoms with Crippen LogP contribution >= 0.6 is 11.3 Å². The van der Waals surface area contributed by atoms with Crippen LogP contribution in [0.4, 0.5) is 5.95 Å². The number of hydrogen-bond acceptors (Lipinski definition) is 8. The Labute approximate surface area is 155 Å². The van der Waals surface area contributed by atoms with Crippen molar-refractivity contribution in [1.82, 2.24) is 30.1 Å². The maximum Gasteiger partial charge on any atom is 0.248 e. The van der Waals surface area contributed by atoms with Crippen LogP contribution in [-0.4, -0.2) is 60.4 Å². The van der Waals surface area contributed by atoms with E-state index in [0.717, 1.165) is 35.9 Å². The summed E-state index contributed by atoms with van der Waals surface area (Å²) in [5, 5.41) is 28.9. The van der Waals surface area contributed by atoms with Crippen LogP contribution in [-0.2, 0) is 6.54 Å². The lowest BCUT2D eigenvalue weighted by atomic mass is 10.0. The second kappa shape index (κ2) is 7.48. The van der Waals surface area contributed by atoms with Crippen molar-refractivity contribution in [2.24, 2.45) is 0 Å². The molecule has 1 aliphatic rings. The van der Waals surface area contributed by atoms with E-state index in [0.29, 0.717) is 12.5 Å². The first-order chi connectivity index (χ1) is 12.7. The molecule has 2 aromatic heterocycles. The number of likely N-dealkylation sites (tertiary alicyclic amines) is 1. The maximum absolute atomic E-state index is 10.6. The van der Waals surface area contributed by atoms with Crippen molar-refractivity contribution < 1.29 is 5.11 Å². The number of nitrogens with one attached hydrogen (secondary N) is 1. The second-order valence-electron chi connectivity index (χ2n) is 6.45. The summed E-state index contributed by atoms with van der Waals surface area (Å²) in [7, 11) is 0. The lowest BCUT2D eigenvalue weighted by molar-refractivity contribution is 0.0553. The summed E-state index contributed by atoms with van der Waals surface area (Å²) in [4.78, 5) is 6.74. The van der Waals surface area contributed by atoms with Gasteiger partial charge in [0.1, 0.15) is 0 Å². The van der Waals surface area contributed by atoms with Gasteiger partial charge in [-0.15, -0.1) is 11.3 Å². The molecule has 0 spiro atoms. The van der Waals surface area contributed by atoms with Gasteiger partial charge in [0.2, 0.25) is 5.95 Å². The van der Waals surface area contributed by atoms with E-state index < -0.39 is 6.10 Å².